The van der Waals surface area contributed by atoms with Gasteiger partial charge in [-0.1, -0.05) is 30.3 Å². The molecule has 0 radical (unpaired) electrons. The molecule has 1 amide bonds. The first-order valence-electron chi connectivity index (χ1n) is 6.35. The van der Waals surface area contributed by atoms with E-state index in [0.717, 1.165) is 25.1 Å². The summed E-state index contributed by atoms with van der Waals surface area (Å²) in [4.78, 5) is 13.7. The fourth-order valence-electron chi connectivity index (χ4n) is 2.11. The summed E-state index contributed by atoms with van der Waals surface area (Å²) in [5, 5.41) is 3.26. The Balaban J connectivity index is 0.00000180. The zero-order valence-corrected chi connectivity index (χ0v) is 12.0. The zero-order chi connectivity index (χ0) is 12.8. The topological polar surface area (TPSA) is 41.6 Å². The molecule has 0 spiro atoms. The summed E-state index contributed by atoms with van der Waals surface area (Å²) in [5.41, 5.74) is 1.09. The van der Waals surface area contributed by atoms with Gasteiger partial charge in [-0.15, -0.1) is 12.4 Å². The second kappa shape index (κ2) is 8.15. The van der Waals surface area contributed by atoms with Gasteiger partial charge in [0.15, 0.2) is 0 Å². The molecule has 1 saturated heterocycles. The molecule has 1 heterocycles. The molecule has 1 aromatic rings. The van der Waals surface area contributed by atoms with Crippen molar-refractivity contribution < 1.29 is 9.53 Å². The molecule has 1 aromatic carbocycles. The van der Waals surface area contributed by atoms with E-state index in [9.17, 15) is 4.79 Å². The number of amides is 1. The Kier molecular flexibility index (Phi) is 6.84. The van der Waals surface area contributed by atoms with Crippen LogP contribution in [0.15, 0.2) is 30.3 Å². The average Bonchev–Trinajstić information content (AvgIpc) is 2.93. The molecule has 4 nitrogen and oxygen atoms in total. The number of likely N-dealkylation sites (N-methyl/N-ethyl adjacent to an activating group) is 1. The lowest BCUT2D eigenvalue weighted by Gasteiger charge is -2.23. The molecule has 5 heteroatoms. The number of carbonyl (C=O) groups excluding carboxylic acids is 1. The number of halogens is 1. The molecule has 1 atom stereocenters. The molecular formula is C14H21ClN2O2. The SMILES string of the molecule is CN(C(=O)COCc1ccccc1)C1CCNC1.Cl. The Labute approximate surface area is 120 Å². The lowest BCUT2D eigenvalue weighted by Crippen LogP contribution is -2.40. The molecular weight excluding hydrogens is 264 g/mol. The number of carbonyl (C=O) groups is 1. The molecule has 2 rings (SSSR count). The molecule has 19 heavy (non-hydrogen) atoms. The van der Waals surface area contributed by atoms with E-state index in [1.54, 1.807) is 4.90 Å². The average molecular weight is 285 g/mol. The molecule has 1 unspecified atom stereocenters. The van der Waals surface area contributed by atoms with E-state index >= 15 is 0 Å². The molecule has 106 valence electrons. The van der Waals surface area contributed by atoms with Crippen molar-refractivity contribution >= 4 is 18.3 Å². The maximum atomic E-state index is 11.9. The van der Waals surface area contributed by atoms with Gasteiger partial charge in [-0.3, -0.25) is 4.79 Å². The summed E-state index contributed by atoms with van der Waals surface area (Å²) >= 11 is 0. The van der Waals surface area contributed by atoms with Crippen molar-refractivity contribution in [2.24, 2.45) is 0 Å². The van der Waals surface area contributed by atoms with Gasteiger partial charge < -0.3 is 15.0 Å². The Hall–Kier alpha value is -1.10. The minimum Gasteiger partial charge on any atom is -0.367 e. The van der Waals surface area contributed by atoms with E-state index < -0.39 is 0 Å². The van der Waals surface area contributed by atoms with Crippen molar-refractivity contribution in [2.45, 2.75) is 19.1 Å². The number of ether oxygens (including phenoxy) is 1. The second-order valence-electron chi connectivity index (χ2n) is 4.63. The van der Waals surface area contributed by atoms with Crippen LogP contribution < -0.4 is 5.32 Å². The second-order valence-corrected chi connectivity index (χ2v) is 4.63. The highest BCUT2D eigenvalue weighted by Gasteiger charge is 2.22. The van der Waals surface area contributed by atoms with Crippen LogP contribution in [0.1, 0.15) is 12.0 Å². The van der Waals surface area contributed by atoms with Crippen LogP contribution in [0.5, 0.6) is 0 Å². The number of benzene rings is 1. The van der Waals surface area contributed by atoms with E-state index in [0.29, 0.717) is 12.6 Å². The summed E-state index contributed by atoms with van der Waals surface area (Å²) in [6, 6.07) is 10.2. The largest absolute Gasteiger partial charge is 0.367 e. The van der Waals surface area contributed by atoms with Crippen LogP contribution in [-0.2, 0) is 16.1 Å². The zero-order valence-electron chi connectivity index (χ0n) is 11.2. The molecule has 0 saturated carbocycles. The van der Waals surface area contributed by atoms with Crippen molar-refractivity contribution in [2.75, 3.05) is 26.7 Å². The maximum Gasteiger partial charge on any atom is 0.248 e. The smallest absolute Gasteiger partial charge is 0.248 e. The summed E-state index contributed by atoms with van der Waals surface area (Å²) in [5.74, 6) is 0.0552. The van der Waals surface area contributed by atoms with Crippen LogP contribution in [0.2, 0.25) is 0 Å². The van der Waals surface area contributed by atoms with Crippen molar-refractivity contribution in [1.29, 1.82) is 0 Å². The first kappa shape index (κ1) is 16.0. The summed E-state index contributed by atoms with van der Waals surface area (Å²) in [7, 11) is 1.85. The van der Waals surface area contributed by atoms with Gasteiger partial charge in [0.25, 0.3) is 0 Å². The fraction of sp³-hybridized carbons (Fsp3) is 0.500. The van der Waals surface area contributed by atoms with E-state index in [-0.39, 0.29) is 24.9 Å². The highest BCUT2D eigenvalue weighted by atomic mass is 35.5. The van der Waals surface area contributed by atoms with Crippen LogP contribution in [-0.4, -0.2) is 43.6 Å². The Bertz CT molecular complexity index is 380. The van der Waals surface area contributed by atoms with Crippen LogP contribution >= 0.6 is 12.4 Å². The quantitative estimate of drug-likeness (QED) is 0.890. The van der Waals surface area contributed by atoms with E-state index in [1.165, 1.54) is 0 Å². The van der Waals surface area contributed by atoms with Gasteiger partial charge in [-0.25, -0.2) is 0 Å². The summed E-state index contributed by atoms with van der Waals surface area (Å²) in [6.07, 6.45) is 1.03. The number of hydrogen-bond donors (Lipinski definition) is 1. The van der Waals surface area contributed by atoms with Crippen LogP contribution in [0.3, 0.4) is 0 Å². The molecule has 0 aromatic heterocycles. The molecule has 1 N–H and O–H groups in total. The van der Waals surface area contributed by atoms with Crippen molar-refractivity contribution in [3.8, 4) is 0 Å². The third-order valence-electron chi connectivity index (χ3n) is 3.31. The van der Waals surface area contributed by atoms with Gasteiger partial charge >= 0.3 is 0 Å². The van der Waals surface area contributed by atoms with Gasteiger partial charge in [0.2, 0.25) is 5.91 Å². The highest BCUT2D eigenvalue weighted by molar-refractivity contribution is 5.85. The van der Waals surface area contributed by atoms with Crippen LogP contribution in [0, 0.1) is 0 Å². The van der Waals surface area contributed by atoms with Gasteiger partial charge in [0, 0.05) is 19.6 Å². The van der Waals surface area contributed by atoms with E-state index in [4.69, 9.17) is 4.74 Å². The van der Waals surface area contributed by atoms with Gasteiger partial charge in [0.1, 0.15) is 6.61 Å². The Morgan fingerprint density at radius 2 is 2.16 bits per heavy atom. The van der Waals surface area contributed by atoms with Gasteiger partial charge in [0.05, 0.1) is 6.61 Å². The lowest BCUT2D eigenvalue weighted by molar-refractivity contribution is -0.137. The molecule has 1 fully saturated rings. The standard InChI is InChI=1S/C14H20N2O2.ClH/c1-16(13-7-8-15-9-13)14(17)11-18-10-12-5-3-2-4-6-12;/h2-6,13,15H,7-11H2,1H3;1H. The monoisotopic (exact) mass is 284 g/mol. The normalized spacial score (nSPS) is 17.8. The fourth-order valence-corrected chi connectivity index (χ4v) is 2.11. The highest BCUT2D eigenvalue weighted by Crippen LogP contribution is 2.07. The van der Waals surface area contributed by atoms with E-state index in [2.05, 4.69) is 5.32 Å². The molecule has 1 aliphatic rings. The van der Waals surface area contributed by atoms with E-state index in [1.807, 2.05) is 37.4 Å². The predicted molar refractivity (Wildman–Crippen MR) is 77.4 cm³/mol. The number of rotatable bonds is 5. The van der Waals surface area contributed by atoms with Crippen molar-refractivity contribution in [1.82, 2.24) is 10.2 Å². The summed E-state index contributed by atoms with van der Waals surface area (Å²) < 4.78 is 5.45. The van der Waals surface area contributed by atoms with Gasteiger partial charge in [-0.2, -0.15) is 0 Å². The van der Waals surface area contributed by atoms with Crippen molar-refractivity contribution in [3.05, 3.63) is 35.9 Å². The third kappa shape index (κ3) is 4.82. The van der Waals surface area contributed by atoms with Crippen molar-refractivity contribution in [3.63, 3.8) is 0 Å². The molecule has 1 aliphatic heterocycles. The minimum absolute atomic E-state index is 0. The minimum atomic E-state index is 0. The van der Waals surface area contributed by atoms with Gasteiger partial charge in [-0.05, 0) is 18.5 Å². The van der Waals surface area contributed by atoms with Crippen LogP contribution in [0.4, 0.5) is 0 Å². The first-order valence-corrected chi connectivity index (χ1v) is 6.35. The Morgan fingerprint density at radius 3 is 2.79 bits per heavy atom. The number of hydrogen-bond acceptors (Lipinski definition) is 3. The summed E-state index contributed by atoms with van der Waals surface area (Å²) in [6.45, 7) is 2.53. The maximum absolute atomic E-state index is 11.9. The Morgan fingerprint density at radius 1 is 1.42 bits per heavy atom. The molecule has 0 aliphatic carbocycles. The predicted octanol–water partition coefficient (Wildman–Crippen LogP) is 1.45. The third-order valence-corrected chi connectivity index (χ3v) is 3.31. The lowest BCUT2D eigenvalue weighted by atomic mass is 10.2. The number of nitrogens with one attached hydrogen (secondary N) is 1. The number of nitrogens with zero attached hydrogens (tertiary/aromatic N) is 1. The first-order chi connectivity index (χ1) is 8.77. The molecule has 0 bridgehead atoms. The van der Waals surface area contributed by atoms with Crippen LogP contribution in [0.25, 0.3) is 0 Å².